The van der Waals surface area contributed by atoms with Crippen LogP contribution in [0.2, 0.25) is 0 Å². The molecule has 9 heteroatoms. The summed E-state index contributed by atoms with van der Waals surface area (Å²) in [4.78, 5) is 0. The zero-order chi connectivity index (χ0) is 17.0. The van der Waals surface area contributed by atoms with E-state index in [9.17, 15) is 32.6 Å². The zero-order valence-corrected chi connectivity index (χ0v) is 12.8. The van der Waals surface area contributed by atoms with Gasteiger partial charge >= 0.3 is 0 Å². The smallest absolute Gasteiger partial charge is 0.247 e. The van der Waals surface area contributed by atoms with Crippen molar-refractivity contribution in [2.45, 2.75) is 62.8 Å². The van der Waals surface area contributed by atoms with Crippen LogP contribution in [-0.4, -0.2) is 23.8 Å². The Morgan fingerprint density at radius 2 is 1.23 bits per heavy atom. The van der Waals surface area contributed by atoms with Gasteiger partial charge in [0.1, 0.15) is 18.5 Å². The monoisotopic (exact) mass is 360 g/mol. The standard InChI is InChI=1S/C13H20F8S/c1-7-2-3-9(10(14)4-7)8-5-11(15)13(12(16)6-8)22(17,18,19,20)21/h7-13H,2-6H2,1H3. The molecule has 0 amide bonds. The largest absolute Gasteiger partial charge is 0.293 e. The molecule has 5 unspecified atom stereocenters. The summed E-state index contributed by atoms with van der Waals surface area (Å²) < 4.78 is 105. The molecule has 0 nitrogen and oxygen atoms in total. The molecule has 2 fully saturated rings. The third kappa shape index (κ3) is 3.82. The summed E-state index contributed by atoms with van der Waals surface area (Å²) in [6.45, 7) is 1.82. The van der Waals surface area contributed by atoms with Crippen molar-refractivity contribution < 1.29 is 32.6 Å². The lowest BCUT2D eigenvalue weighted by Gasteiger charge is -2.52. The Morgan fingerprint density at radius 3 is 1.64 bits per heavy atom. The number of alkyl halides is 3. The second-order valence-corrected chi connectivity index (χ2v) is 9.46. The molecule has 2 aliphatic rings. The molecule has 0 spiro atoms. The topological polar surface area (TPSA) is 0 Å². The third-order valence-electron chi connectivity index (χ3n) is 4.97. The maximum Gasteiger partial charge on any atom is 0.293 e. The first-order valence-corrected chi connectivity index (χ1v) is 9.35. The van der Waals surface area contributed by atoms with Crippen LogP contribution in [0.25, 0.3) is 0 Å². The van der Waals surface area contributed by atoms with Crippen LogP contribution in [-0.2, 0) is 0 Å². The highest BCUT2D eigenvalue weighted by atomic mass is 32.5. The van der Waals surface area contributed by atoms with Gasteiger partial charge in [-0.15, -0.1) is 0 Å². The fourth-order valence-electron chi connectivity index (χ4n) is 3.94. The molecule has 0 N–H and O–H groups in total. The Labute approximate surface area is 124 Å². The summed E-state index contributed by atoms with van der Waals surface area (Å²) in [6, 6.07) is 0. The predicted molar refractivity (Wildman–Crippen MR) is 70.8 cm³/mol. The molecule has 2 saturated carbocycles. The van der Waals surface area contributed by atoms with Gasteiger partial charge in [-0.3, -0.25) is 0 Å². The van der Waals surface area contributed by atoms with Gasteiger partial charge in [0.25, 0.3) is 10.2 Å². The molecule has 22 heavy (non-hydrogen) atoms. The van der Waals surface area contributed by atoms with Crippen molar-refractivity contribution in [3.63, 3.8) is 0 Å². The first-order chi connectivity index (χ1) is 9.69. The highest BCUT2D eigenvalue weighted by Crippen LogP contribution is 3.01. The van der Waals surface area contributed by atoms with E-state index in [4.69, 9.17) is 0 Å². The molecule has 0 aromatic rings. The quantitative estimate of drug-likeness (QED) is 0.492. The molecule has 5 atom stereocenters. The fraction of sp³-hybridized carbons (Fsp3) is 1.00. The molecule has 0 saturated heterocycles. The molecule has 0 aliphatic heterocycles. The van der Waals surface area contributed by atoms with E-state index in [-0.39, 0.29) is 12.3 Å². The molecule has 0 radical (unpaired) electrons. The molecular formula is C13H20F8S. The summed E-state index contributed by atoms with van der Waals surface area (Å²) >= 11 is 0. The molecule has 2 aliphatic carbocycles. The van der Waals surface area contributed by atoms with Gasteiger partial charge in [0.15, 0.2) is 5.25 Å². The Kier molecular flexibility index (Phi) is 4.03. The van der Waals surface area contributed by atoms with Gasteiger partial charge in [-0.05, 0) is 43.4 Å². The van der Waals surface area contributed by atoms with E-state index >= 15 is 0 Å². The Bertz CT molecular complexity index is 408. The summed E-state index contributed by atoms with van der Waals surface area (Å²) in [5.74, 6) is -1.59. The van der Waals surface area contributed by atoms with Crippen LogP contribution >= 0.6 is 10.2 Å². The zero-order valence-electron chi connectivity index (χ0n) is 12.0. The van der Waals surface area contributed by atoms with Crippen molar-refractivity contribution in [3.05, 3.63) is 0 Å². The summed E-state index contributed by atoms with van der Waals surface area (Å²) in [7, 11) is -10.2. The number of halogens is 8. The van der Waals surface area contributed by atoms with Crippen molar-refractivity contribution in [2.24, 2.45) is 17.8 Å². The van der Waals surface area contributed by atoms with E-state index in [0.29, 0.717) is 12.8 Å². The van der Waals surface area contributed by atoms with Crippen LogP contribution < -0.4 is 0 Å². The predicted octanol–water partition coefficient (Wildman–Crippen LogP) is 6.51. The van der Waals surface area contributed by atoms with Crippen molar-refractivity contribution in [1.29, 1.82) is 0 Å². The number of rotatable bonds is 2. The van der Waals surface area contributed by atoms with Crippen molar-refractivity contribution in [3.8, 4) is 0 Å². The maximum atomic E-state index is 14.0. The van der Waals surface area contributed by atoms with Crippen LogP contribution in [0.4, 0.5) is 32.6 Å². The van der Waals surface area contributed by atoms with E-state index in [1.165, 1.54) is 0 Å². The van der Waals surface area contributed by atoms with Crippen molar-refractivity contribution in [1.82, 2.24) is 0 Å². The van der Waals surface area contributed by atoms with Gasteiger partial charge in [-0.25, -0.2) is 13.2 Å². The van der Waals surface area contributed by atoms with Gasteiger partial charge in [-0.1, -0.05) is 32.8 Å². The lowest BCUT2D eigenvalue weighted by atomic mass is 9.69. The highest BCUT2D eigenvalue weighted by Gasteiger charge is 2.75. The Hall–Kier alpha value is -0.210. The maximum absolute atomic E-state index is 14.0. The normalized spacial score (nSPS) is 47.6. The van der Waals surface area contributed by atoms with Gasteiger partial charge in [0, 0.05) is 0 Å². The number of hydrogen-bond donors (Lipinski definition) is 0. The van der Waals surface area contributed by atoms with Gasteiger partial charge < -0.3 is 0 Å². The minimum absolute atomic E-state index is 0.106. The highest BCUT2D eigenvalue weighted by molar-refractivity contribution is 8.46. The van der Waals surface area contributed by atoms with E-state index in [1.54, 1.807) is 0 Å². The van der Waals surface area contributed by atoms with Crippen molar-refractivity contribution >= 4 is 10.2 Å². The molecular weight excluding hydrogens is 340 g/mol. The van der Waals surface area contributed by atoms with Crippen LogP contribution in [0, 0.1) is 17.8 Å². The van der Waals surface area contributed by atoms with Gasteiger partial charge in [0.2, 0.25) is 0 Å². The summed E-state index contributed by atoms with van der Waals surface area (Å²) in [5.41, 5.74) is 0. The van der Waals surface area contributed by atoms with E-state index < -0.39 is 58.7 Å². The fourth-order valence-corrected chi connectivity index (χ4v) is 5.28. The SMILES string of the molecule is CC1CCC(C2CC(F)C(S(F)(F)(F)(F)F)C(F)C2)C(F)C1. The van der Waals surface area contributed by atoms with Crippen LogP contribution in [0.1, 0.15) is 39.0 Å². The van der Waals surface area contributed by atoms with Gasteiger partial charge in [0.05, 0.1) is 0 Å². The molecule has 2 rings (SSSR count). The molecule has 0 aromatic carbocycles. The number of hydrogen-bond acceptors (Lipinski definition) is 0. The minimum atomic E-state index is -10.2. The second-order valence-electron chi connectivity index (χ2n) is 6.85. The van der Waals surface area contributed by atoms with Gasteiger partial charge in [-0.2, -0.15) is 0 Å². The summed E-state index contributed by atoms with van der Waals surface area (Å²) in [6.07, 6.45) is -7.93. The second kappa shape index (κ2) is 4.89. The molecule has 0 bridgehead atoms. The van der Waals surface area contributed by atoms with Crippen molar-refractivity contribution in [2.75, 3.05) is 0 Å². The minimum Gasteiger partial charge on any atom is -0.247 e. The van der Waals surface area contributed by atoms with E-state index in [0.717, 1.165) is 0 Å². The first kappa shape index (κ1) is 18.1. The molecule has 134 valence electrons. The average molecular weight is 360 g/mol. The Morgan fingerprint density at radius 1 is 0.727 bits per heavy atom. The molecule has 0 aromatic heterocycles. The van der Waals surface area contributed by atoms with Crippen LogP contribution in [0.15, 0.2) is 0 Å². The van der Waals surface area contributed by atoms with Crippen LogP contribution in [0.3, 0.4) is 0 Å². The Balaban J connectivity index is 2.14. The van der Waals surface area contributed by atoms with E-state index in [2.05, 4.69) is 0 Å². The lowest BCUT2D eigenvalue weighted by molar-refractivity contribution is 0.0215. The summed E-state index contributed by atoms with van der Waals surface area (Å²) in [5, 5.41) is -3.86. The van der Waals surface area contributed by atoms with E-state index in [1.807, 2.05) is 6.92 Å². The van der Waals surface area contributed by atoms with Crippen LogP contribution in [0.5, 0.6) is 0 Å². The lowest BCUT2D eigenvalue weighted by Crippen LogP contribution is -2.49. The third-order valence-corrected chi connectivity index (χ3v) is 6.59. The average Bonchev–Trinajstić information content (AvgIpc) is 2.23. The first-order valence-electron chi connectivity index (χ1n) is 7.34. The molecule has 0 heterocycles.